The average Bonchev–Trinajstić information content (AvgIpc) is 2.40. The number of rotatable bonds is 5. The fourth-order valence-corrected chi connectivity index (χ4v) is 1.61. The Labute approximate surface area is 111 Å². The first kappa shape index (κ1) is 16.1. The Morgan fingerprint density at radius 2 is 1.78 bits per heavy atom. The summed E-state index contributed by atoms with van der Waals surface area (Å²) in [4.78, 5) is 0. The molecule has 0 amide bonds. The third-order valence-electron chi connectivity index (χ3n) is 2.39. The summed E-state index contributed by atoms with van der Waals surface area (Å²) in [6, 6.07) is 10.2. The molecule has 1 rings (SSSR count). The highest BCUT2D eigenvalue weighted by Gasteiger charge is 2.11. The van der Waals surface area contributed by atoms with Crippen LogP contribution >= 0.6 is 0 Å². The van der Waals surface area contributed by atoms with Crippen molar-refractivity contribution in [2.75, 3.05) is 6.54 Å². The molecule has 0 bridgehead atoms. The Morgan fingerprint density at radius 1 is 1.22 bits per heavy atom. The van der Waals surface area contributed by atoms with Crippen LogP contribution in [0.4, 0.5) is 0 Å². The second-order valence-electron chi connectivity index (χ2n) is 3.71. The van der Waals surface area contributed by atoms with Crippen LogP contribution in [0.2, 0.25) is 0 Å². The highest BCUT2D eigenvalue weighted by molar-refractivity contribution is 5.36. The predicted octanol–water partition coefficient (Wildman–Crippen LogP) is 4.22. The highest BCUT2D eigenvalue weighted by Crippen LogP contribution is 2.23. The number of benzene rings is 1. The molecule has 0 heterocycles. The Morgan fingerprint density at radius 3 is 2.17 bits per heavy atom. The summed E-state index contributed by atoms with van der Waals surface area (Å²) in [5.41, 5.74) is 8.11. The monoisotopic (exact) mass is 241 g/mol. The van der Waals surface area contributed by atoms with E-state index in [9.17, 15) is 0 Å². The van der Waals surface area contributed by atoms with Gasteiger partial charge in [-0.05, 0) is 18.1 Å². The van der Waals surface area contributed by atoms with E-state index in [1.807, 2.05) is 37.3 Å². The van der Waals surface area contributed by atoms with E-state index in [4.69, 9.17) is 5.73 Å². The van der Waals surface area contributed by atoms with Crippen LogP contribution in [0.5, 0.6) is 0 Å². The SMILES string of the molecule is C=C/C=C(\C=C)C(CN)c1ccccc1.C=CC. The van der Waals surface area contributed by atoms with Crippen LogP contribution in [0.3, 0.4) is 0 Å². The van der Waals surface area contributed by atoms with Gasteiger partial charge in [-0.15, -0.1) is 6.58 Å². The van der Waals surface area contributed by atoms with Crippen LogP contribution in [0, 0.1) is 0 Å². The lowest BCUT2D eigenvalue weighted by molar-refractivity contribution is 0.818. The summed E-state index contributed by atoms with van der Waals surface area (Å²) in [6.45, 7) is 13.3. The van der Waals surface area contributed by atoms with Crippen molar-refractivity contribution in [1.82, 2.24) is 0 Å². The van der Waals surface area contributed by atoms with Crippen LogP contribution in [-0.2, 0) is 0 Å². The van der Waals surface area contributed by atoms with Gasteiger partial charge in [-0.3, -0.25) is 0 Å². The lowest BCUT2D eigenvalue weighted by atomic mass is 9.91. The van der Waals surface area contributed by atoms with Gasteiger partial charge in [-0.2, -0.15) is 0 Å². The second kappa shape index (κ2) is 10.3. The number of allylic oxidation sites excluding steroid dienone is 4. The first-order valence-corrected chi connectivity index (χ1v) is 6.02. The molecule has 1 heteroatoms. The van der Waals surface area contributed by atoms with Crippen LogP contribution in [-0.4, -0.2) is 6.54 Å². The van der Waals surface area contributed by atoms with Gasteiger partial charge in [-0.25, -0.2) is 0 Å². The predicted molar refractivity (Wildman–Crippen MR) is 82.6 cm³/mol. The molecule has 0 aromatic heterocycles. The lowest BCUT2D eigenvalue weighted by Gasteiger charge is -2.16. The minimum atomic E-state index is 0.210. The van der Waals surface area contributed by atoms with Crippen LogP contribution < -0.4 is 5.73 Å². The lowest BCUT2D eigenvalue weighted by Crippen LogP contribution is -2.13. The third-order valence-corrected chi connectivity index (χ3v) is 2.39. The molecule has 0 saturated heterocycles. The van der Waals surface area contributed by atoms with Gasteiger partial charge < -0.3 is 5.73 Å². The Bertz CT molecular complexity index is 387. The van der Waals surface area contributed by atoms with Crippen molar-refractivity contribution < 1.29 is 0 Å². The molecule has 0 aliphatic carbocycles. The molecule has 18 heavy (non-hydrogen) atoms. The Hall–Kier alpha value is -1.86. The molecule has 1 unspecified atom stereocenters. The van der Waals surface area contributed by atoms with Crippen molar-refractivity contribution in [1.29, 1.82) is 0 Å². The van der Waals surface area contributed by atoms with Crippen molar-refractivity contribution in [3.05, 3.63) is 85.5 Å². The van der Waals surface area contributed by atoms with Crippen LogP contribution in [0.1, 0.15) is 18.4 Å². The van der Waals surface area contributed by atoms with Gasteiger partial charge in [0.05, 0.1) is 0 Å². The summed E-state index contributed by atoms with van der Waals surface area (Å²) >= 11 is 0. The number of hydrogen-bond donors (Lipinski definition) is 1. The second-order valence-corrected chi connectivity index (χ2v) is 3.71. The Balaban J connectivity index is 0.000000873. The minimum absolute atomic E-state index is 0.210. The maximum atomic E-state index is 5.79. The van der Waals surface area contributed by atoms with E-state index in [0.717, 1.165) is 5.57 Å². The molecular formula is C17H23N. The molecule has 0 spiro atoms. The topological polar surface area (TPSA) is 26.0 Å². The average molecular weight is 241 g/mol. The molecule has 1 aromatic rings. The molecule has 0 saturated carbocycles. The van der Waals surface area contributed by atoms with E-state index in [-0.39, 0.29) is 5.92 Å². The fourth-order valence-electron chi connectivity index (χ4n) is 1.61. The van der Waals surface area contributed by atoms with E-state index >= 15 is 0 Å². The molecule has 1 nitrogen and oxygen atoms in total. The first-order valence-electron chi connectivity index (χ1n) is 6.02. The van der Waals surface area contributed by atoms with Crippen molar-refractivity contribution in [3.8, 4) is 0 Å². The van der Waals surface area contributed by atoms with Crippen molar-refractivity contribution in [2.45, 2.75) is 12.8 Å². The van der Waals surface area contributed by atoms with E-state index in [1.165, 1.54) is 5.56 Å². The van der Waals surface area contributed by atoms with Crippen molar-refractivity contribution in [2.24, 2.45) is 5.73 Å². The Kier molecular flexibility index (Phi) is 9.24. The maximum absolute atomic E-state index is 5.79. The normalized spacial score (nSPS) is 11.8. The van der Waals surface area contributed by atoms with Crippen LogP contribution in [0.15, 0.2) is 79.9 Å². The minimum Gasteiger partial charge on any atom is -0.330 e. The summed E-state index contributed by atoms with van der Waals surface area (Å²) in [7, 11) is 0. The molecule has 0 fully saturated rings. The van der Waals surface area contributed by atoms with Crippen LogP contribution in [0.25, 0.3) is 0 Å². The molecule has 96 valence electrons. The molecular weight excluding hydrogens is 218 g/mol. The molecule has 0 aliphatic heterocycles. The number of hydrogen-bond acceptors (Lipinski definition) is 1. The van der Waals surface area contributed by atoms with Gasteiger partial charge in [0, 0.05) is 12.5 Å². The molecule has 0 radical (unpaired) electrons. The van der Waals surface area contributed by atoms with Gasteiger partial charge in [0.2, 0.25) is 0 Å². The van der Waals surface area contributed by atoms with E-state index in [0.29, 0.717) is 6.54 Å². The quantitative estimate of drug-likeness (QED) is 0.606. The molecule has 0 aliphatic rings. The summed E-state index contributed by atoms with van der Waals surface area (Å²) < 4.78 is 0. The zero-order valence-electron chi connectivity index (χ0n) is 11.2. The molecule has 1 aromatic carbocycles. The van der Waals surface area contributed by atoms with Crippen molar-refractivity contribution >= 4 is 0 Å². The molecule has 2 N–H and O–H groups in total. The first-order chi connectivity index (χ1) is 8.74. The zero-order chi connectivity index (χ0) is 13.8. The van der Waals surface area contributed by atoms with Gasteiger partial charge in [0.25, 0.3) is 0 Å². The van der Waals surface area contributed by atoms with Gasteiger partial charge in [0.15, 0.2) is 0 Å². The fraction of sp³-hybridized carbons (Fsp3) is 0.176. The maximum Gasteiger partial charge on any atom is 0.0212 e. The third kappa shape index (κ3) is 5.46. The number of nitrogens with two attached hydrogens (primary N) is 1. The van der Waals surface area contributed by atoms with E-state index in [1.54, 1.807) is 12.2 Å². The standard InChI is InChI=1S/C14H17N.C3H6/c1-3-8-12(4-2)14(11-15)13-9-6-5-7-10-13;1-3-2/h3-10,14H,1-2,11,15H2;3H,1H2,2H3/b12-8+;. The molecule has 1 atom stereocenters. The summed E-state index contributed by atoms with van der Waals surface area (Å²) in [6.07, 6.45) is 7.31. The van der Waals surface area contributed by atoms with Gasteiger partial charge in [0.1, 0.15) is 0 Å². The summed E-state index contributed by atoms with van der Waals surface area (Å²) in [5, 5.41) is 0. The largest absolute Gasteiger partial charge is 0.330 e. The van der Waals surface area contributed by atoms with Gasteiger partial charge >= 0.3 is 0 Å². The summed E-state index contributed by atoms with van der Waals surface area (Å²) in [5.74, 6) is 0.210. The van der Waals surface area contributed by atoms with Crippen molar-refractivity contribution in [3.63, 3.8) is 0 Å². The smallest absolute Gasteiger partial charge is 0.0212 e. The van der Waals surface area contributed by atoms with E-state index in [2.05, 4.69) is 31.9 Å². The van der Waals surface area contributed by atoms with E-state index < -0.39 is 0 Å². The zero-order valence-corrected chi connectivity index (χ0v) is 11.2. The van der Waals surface area contributed by atoms with Gasteiger partial charge in [-0.1, -0.05) is 67.8 Å². The highest BCUT2D eigenvalue weighted by atomic mass is 14.5.